The van der Waals surface area contributed by atoms with Gasteiger partial charge in [-0.2, -0.15) is 0 Å². The predicted molar refractivity (Wildman–Crippen MR) is 105 cm³/mol. The van der Waals surface area contributed by atoms with E-state index < -0.39 is 16.7 Å². The highest BCUT2D eigenvalue weighted by Crippen LogP contribution is 2.17. The molecule has 2 aromatic carbocycles. The van der Waals surface area contributed by atoms with E-state index in [1.165, 1.54) is 36.4 Å². The van der Waals surface area contributed by atoms with Crippen LogP contribution in [0.25, 0.3) is 6.08 Å². The maximum atomic E-state index is 12.0. The molecule has 10 heteroatoms. The third-order valence-corrected chi connectivity index (χ3v) is 3.74. The van der Waals surface area contributed by atoms with E-state index in [1.807, 2.05) is 0 Å². The summed E-state index contributed by atoms with van der Waals surface area (Å²) < 4.78 is 0. The lowest BCUT2D eigenvalue weighted by atomic mass is 10.2. The predicted octanol–water partition coefficient (Wildman–Crippen LogP) is 2.60. The summed E-state index contributed by atoms with van der Waals surface area (Å²) in [7, 11) is 0. The van der Waals surface area contributed by atoms with Gasteiger partial charge in [-0.15, -0.1) is 0 Å². The molecule has 0 aliphatic rings. The van der Waals surface area contributed by atoms with Crippen LogP contribution in [0.5, 0.6) is 0 Å². The molecule has 2 rings (SSSR count). The molecule has 27 heavy (non-hydrogen) atoms. The Labute approximate surface area is 164 Å². The van der Waals surface area contributed by atoms with Crippen LogP contribution in [-0.2, 0) is 4.79 Å². The molecule has 0 bridgehead atoms. The molecule has 0 saturated carbocycles. The van der Waals surface area contributed by atoms with Crippen molar-refractivity contribution >= 4 is 52.5 Å². The second-order valence-electron chi connectivity index (χ2n) is 5.03. The minimum Gasteiger partial charge on any atom is -0.298 e. The van der Waals surface area contributed by atoms with Gasteiger partial charge in [0, 0.05) is 17.2 Å². The lowest BCUT2D eigenvalue weighted by molar-refractivity contribution is -0.385. The van der Waals surface area contributed by atoms with Crippen LogP contribution in [0.1, 0.15) is 15.9 Å². The highest BCUT2D eigenvalue weighted by atomic mass is 35.5. The molecule has 0 unspecified atom stereocenters. The van der Waals surface area contributed by atoms with Gasteiger partial charge in [0.1, 0.15) is 5.56 Å². The quantitative estimate of drug-likeness (QED) is 0.312. The van der Waals surface area contributed by atoms with Gasteiger partial charge in [0.05, 0.1) is 4.92 Å². The fourth-order valence-corrected chi connectivity index (χ4v) is 2.32. The third-order valence-electron chi connectivity index (χ3n) is 3.19. The minimum atomic E-state index is -0.773. The molecule has 138 valence electrons. The molecule has 0 aromatic heterocycles. The largest absolute Gasteiger partial charge is 0.298 e. The van der Waals surface area contributed by atoms with Crippen molar-refractivity contribution in [2.24, 2.45) is 0 Å². The fraction of sp³-hybridized carbons (Fsp3) is 0. The summed E-state index contributed by atoms with van der Waals surface area (Å²) in [6.07, 6.45) is 2.73. The molecular weight excluding hydrogens is 392 g/mol. The van der Waals surface area contributed by atoms with Gasteiger partial charge in [-0.1, -0.05) is 41.9 Å². The maximum Gasteiger partial charge on any atom is 0.282 e. The van der Waals surface area contributed by atoms with Crippen LogP contribution in [0.15, 0.2) is 54.6 Å². The summed E-state index contributed by atoms with van der Waals surface area (Å²) in [4.78, 5) is 34.1. The Morgan fingerprint density at radius 3 is 2.44 bits per heavy atom. The number of thiocarbonyl (C=S) groups is 1. The number of hydrogen-bond donors (Lipinski definition) is 3. The van der Waals surface area contributed by atoms with Crippen LogP contribution >= 0.6 is 23.8 Å². The fourth-order valence-electron chi connectivity index (χ4n) is 1.97. The number of carbonyl (C=O) groups excluding carboxylic acids is 2. The van der Waals surface area contributed by atoms with Crippen molar-refractivity contribution in [2.75, 3.05) is 0 Å². The van der Waals surface area contributed by atoms with E-state index in [9.17, 15) is 19.7 Å². The number of hydrazine groups is 1. The third kappa shape index (κ3) is 5.87. The number of nitro benzene ring substituents is 1. The molecule has 0 radical (unpaired) electrons. The first kappa shape index (κ1) is 20.0. The van der Waals surface area contributed by atoms with Crippen LogP contribution in [0.2, 0.25) is 5.02 Å². The van der Waals surface area contributed by atoms with Gasteiger partial charge in [-0.05, 0) is 36.0 Å². The molecule has 3 N–H and O–H groups in total. The number of hydrogen-bond acceptors (Lipinski definition) is 5. The molecular formula is C17H13ClN4O4S. The first-order valence-electron chi connectivity index (χ1n) is 7.46. The highest BCUT2D eigenvalue weighted by Gasteiger charge is 2.19. The summed E-state index contributed by atoms with van der Waals surface area (Å²) in [5.74, 6) is -1.32. The minimum absolute atomic E-state index is 0.150. The number of amides is 2. The molecule has 2 amide bonds. The molecule has 0 aliphatic carbocycles. The van der Waals surface area contributed by atoms with Gasteiger partial charge in [0.15, 0.2) is 5.11 Å². The van der Waals surface area contributed by atoms with Crippen LogP contribution in [0.3, 0.4) is 0 Å². The van der Waals surface area contributed by atoms with Gasteiger partial charge in [0.2, 0.25) is 5.91 Å². The Morgan fingerprint density at radius 2 is 1.74 bits per heavy atom. The monoisotopic (exact) mass is 404 g/mol. The van der Waals surface area contributed by atoms with E-state index >= 15 is 0 Å². The molecule has 0 aliphatic heterocycles. The van der Waals surface area contributed by atoms with E-state index in [4.69, 9.17) is 23.8 Å². The van der Waals surface area contributed by atoms with E-state index in [1.54, 1.807) is 24.3 Å². The molecule has 0 saturated heterocycles. The number of nitrogens with zero attached hydrogens (tertiary/aromatic N) is 1. The number of halogens is 1. The second-order valence-corrected chi connectivity index (χ2v) is 5.84. The SMILES string of the molecule is O=C(C=Cc1ccccc1Cl)NC(=S)NNC(=O)c1ccccc1[N+](=O)[O-]. The Morgan fingerprint density at radius 1 is 1.07 bits per heavy atom. The number of nitrogens with one attached hydrogen (secondary N) is 3. The van der Waals surface area contributed by atoms with Crippen LogP contribution in [-0.4, -0.2) is 21.9 Å². The summed E-state index contributed by atoms with van der Waals surface area (Å²) in [6.45, 7) is 0. The van der Waals surface area contributed by atoms with Crippen molar-refractivity contribution in [3.05, 3.63) is 80.9 Å². The van der Waals surface area contributed by atoms with Crippen molar-refractivity contribution in [1.29, 1.82) is 0 Å². The Bertz CT molecular complexity index is 933. The van der Waals surface area contributed by atoms with E-state index in [0.717, 1.165) is 0 Å². The van der Waals surface area contributed by atoms with Gasteiger partial charge in [-0.25, -0.2) is 0 Å². The number of carbonyl (C=O) groups is 2. The van der Waals surface area contributed by atoms with Gasteiger partial charge in [0.25, 0.3) is 11.6 Å². The van der Waals surface area contributed by atoms with Crippen molar-refractivity contribution in [1.82, 2.24) is 16.2 Å². The summed E-state index contributed by atoms with van der Waals surface area (Å²) in [5, 5.41) is 13.5. The number of benzene rings is 2. The standard InChI is InChI=1S/C17H13ClN4O4S/c18-13-7-3-1-5-11(13)9-10-15(23)19-17(27)21-20-16(24)12-6-2-4-8-14(12)22(25)26/h1-10H,(H,20,24)(H2,19,21,23,27). The molecule has 0 spiro atoms. The molecule has 0 atom stereocenters. The number of nitro groups is 1. The second kappa shape index (κ2) is 9.41. The smallest absolute Gasteiger partial charge is 0.282 e. The summed E-state index contributed by atoms with van der Waals surface area (Å²) in [6, 6.07) is 12.4. The average Bonchev–Trinajstić information content (AvgIpc) is 2.65. The van der Waals surface area contributed by atoms with Crippen molar-refractivity contribution < 1.29 is 14.5 Å². The van der Waals surface area contributed by atoms with Crippen molar-refractivity contribution in [2.45, 2.75) is 0 Å². The maximum absolute atomic E-state index is 12.0. The zero-order valence-corrected chi connectivity index (χ0v) is 15.2. The topological polar surface area (TPSA) is 113 Å². The first-order chi connectivity index (χ1) is 12.9. The zero-order chi connectivity index (χ0) is 19.8. The van der Waals surface area contributed by atoms with Crippen LogP contribution < -0.4 is 16.2 Å². The molecule has 2 aromatic rings. The van der Waals surface area contributed by atoms with E-state index in [2.05, 4.69) is 16.2 Å². The number of para-hydroxylation sites is 1. The Hall–Kier alpha value is -3.30. The zero-order valence-electron chi connectivity index (χ0n) is 13.6. The van der Waals surface area contributed by atoms with Crippen LogP contribution in [0.4, 0.5) is 5.69 Å². The van der Waals surface area contributed by atoms with Crippen molar-refractivity contribution in [3.8, 4) is 0 Å². The summed E-state index contributed by atoms with van der Waals surface area (Å²) >= 11 is 10.9. The highest BCUT2D eigenvalue weighted by molar-refractivity contribution is 7.80. The van der Waals surface area contributed by atoms with E-state index in [0.29, 0.717) is 10.6 Å². The van der Waals surface area contributed by atoms with Gasteiger partial charge < -0.3 is 0 Å². The average molecular weight is 405 g/mol. The Balaban J connectivity index is 1.89. The first-order valence-corrected chi connectivity index (χ1v) is 8.24. The normalized spacial score (nSPS) is 10.3. The molecule has 0 fully saturated rings. The summed E-state index contributed by atoms with van der Waals surface area (Å²) in [5.41, 5.74) is 4.64. The molecule has 0 heterocycles. The van der Waals surface area contributed by atoms with Crippen LogP contribution in [0, 0.1) is 10.1 Å². The van der Waals surface area contributed by atoms with Crippen molar-refractivity contribution in [3.63, 3.8) is 0 Å². The number of rotatable bonds is 4. The van der Waals surface area contributed by atoms with E-state index in [-0.39, 0.29) is 16.4 Å². The molecule has 8 nitrogen and oxygen atoms in total. The lowest BCUT2D eigenvalue weighted by Gasteiger charge is -2.09. The Kier molecular flexibility index (Phi) is 6.98. The van der Waals surface area contributed by atoms with Gasteiger partial charge in [-0.3, -0.25) is 35.9 Å². The lowest BCUT2D eigenvalue weighted by Crippen LogP contribution is -2.48. The van der Waals surface area contributed by atoms with Gasteiger partial charge >= 0.3 is 0 Å².